The van der Waals surface area contributed by atoms with Gasteiger partial charge in [-0.05, 0) is 78.1 Å². The summed E-state index contributed by atoms with van der Waals surface area (Å²) in [4.78, 5) is 55.7. The number of terminal acetylenes is 1. The van der Waals surface area contributed by atoms with Crippen molar-refractivity contribution in [3.8, 4) is 12.3 Å². The maximum absolute atomic E-state index is 14.3. The Hall–Kier alpha value is -4.36. The van der Waals surface area contributed by atoms with E-state index in [-0.39, 0.29) is 6.42 Å². The summed E-state index contributed by atoms with van der Waals surface area (Å²) in [7, 11) is 0. The number of aliphatic hydroxyl groups excluding tert-OH is 1. The normalized spacial score (nSPS) is 14.1. The lowest BCUT2D eigenvalue weighted by Gasteiger charge is -2.38. The number of alkyl carbamates (subject to hydrolysis) is 1. The molecule has 0 radical (unpaired) electrons. The molecule has 4 atom stereocenters. The summed E-state index contributed by atoms with van der Waals surface area (Å²) in [5.74, 6) is 0.531. The van der Waals surface area contributed by atoms with Gasteiger partial charge in [0.1, 0.15) is 29.3 Å². The van der Waals surface area contributed by atoms with Crippen molar-refractivity contribution in [2.75, 3.05) is 6.61 Å². The van der Waals surface area contributed by atoms with Crippen LogP contribution in [-0.4, -0.2) is 69.8 Å². The van der Waals surface area contributed by atoms with Gasteiger partial charge in [0.05, 0.1) is 6.61 Å². The van der Waals surface area contributed by atoms with Crippen molar-refractivity contribution in [1.82, 2.24) is 15.5 Å². The van der Waals surface area contributed by atoms with Crippen molar-refractivity contribution in [3.63, 3.8) is 0 Å². The zero-order valence-electron chi connectivity index (χ0n) is 27.5. The van der Waals surface area contributed by atoms with Crippen LogP contribution in [0.15, 0.2) is 54.6 Å². The second-order valence-electron chi connectivity index (χ2n) is 12.8. The van der Waals surface area contributed by atoms with E-state index in [1.165, 1.54) is 4.90 Å². The van der Waals surface area contributed by atoms with Crippen LogP contribution < -0.4 is 10.6 Å². The standard InChI is InChI=1S/C35H47N3O7/c1-10-23(3)38(31(41)28(22-39)37-33(43)45-35(7,8)9)29(26-19-17-24(11-2)18-20-26)30(40)36-27(32(42)44-34(4,5)6)21-25-15-13-12-14-16-25/h2,12-20,23,27-29,39H,10,21-22H2,1,3-9H3,(H,36,40)(H,37,43). The van der Waals surface area contributed by atoms with Gasteiger partial charge in [0.15, 0.2) is 0 Å². The highest BCUT2D eigenvalue weighted by Crippen LogP contribution is 2.27. The third-order valence-electron chi connectivity index (χ3n) is 6.70. The van der Waals surface area contributed by atoms with Gasteiger partial charge in [-0.25, -0.2) is 9.59 Å². The third kappa shape index (κ3) is 11.6. The topological polar surface area (TPSA) is 134 Å². The second kappa shape index (κ2) is 16.1. The highest BCUT2D eigenvalue weighted by Gasteiger charge is 2.40. The molecular formula is C35H47N3O7. The second-order valence-corrected chi connectivity index (χ2v) is 12.8. The number of carbonyl (C=O) groups excluding carboxylic acids is 4. The Labute approximate surface area is 266 Å². The minimum absolute atomic E-state index is 0.140. The van der Waals surface area contributed by atoms with Gasteiger partial charge >= 0.3 is 12.1 Å². The average molecular weight is 622 g/mol. The Morgan fingerprint density at radius 1 is 0.889 bits per heavy atom. The first-order valence-electron chi connectivity index (χ1n) is 15.1. The number of hydrogen-bond donors (Lipinski definition) is 3. The molecule has 0 aliphatic heterocycles. The van der Waals surface area contributed by atoms with Gasteiger partial charge in [0, 0.05) is 18.0 Å². The number of hydrogen-bond acceptors (Lipinski definition) is 7. The smallest absolute Gasteiger partial charge is 0.408 e. The van der Waals surface area contributed by atoms with Gasteiger partial charge in [-0.1, -0.05) is 55.3 Å². The van der Waals surface area contributed by atoms with Crippen LogP contribution in [0.4, 0.5) is 4.79 Å². The summed E-state index contributed by atoms with van der Waals surface area (Å²) in [5.41, 5.74) is 0.105. The number of amides is 3. The molecule has 0 heterocycles. The fourth-order valence-corrected chi connectivity index (χ4v) is 4.48. The van der Waals surface area contributed by atoms with Gasteiger partial charge in [-0.15, -0.1) is 6.42 Å². The molecule has 2 aromatic carbocycles. The Balaban J connectivity index is 2.60. The van der Waals surface area contributed by atoms with Gasteiger partial charge in [0.25, 0.3) is 0 Å². The number of nitrogens with zero attached hydrogens (tertiary/aromatic N) is 1. The molecule has 0 aromatic heterocycles. The number of nitrogens with one attached hydrogen (secondary N) is 2. The fraction of sp³-hybridized carbons (Fsp3) is 0.486. The lowest BCUT2D eigenvalue weighted by atomic mass is 9.98. The summed E-state index contributed by atoms with van der Waals surface area (Å²) in [6.07, 6.45) is 5.23. The van der Waals surface area contributed by atoms with E-state index in [1.54, 1.807) is 72.7 Å². The highest BCUT2D eigenvalue weighted by atomic mass is 16.6. The summed E-state index contributed by atoms with van der Waals surface area (Å²) < 4.78 is 11.0. The van der Waals surface area contributed by atoms with Crippen LogP contribution in [0.2, 0.25) is 0 Å². The highest BCUT2D eigenvalue weighted by molar-refractivity contribution is 5.94. The van der Waals surface area contributed by atoms with Crippen LogP contribution in [0.5, 0.6) is 0 Å². The van der Waals surface area contributed by atoms with E-state index in [0.29, 0.717) is 17.5 Å². The molecule has 0 fully saturated rings. The SMILES string of the molecule is C#Cc1ccc(C(C(=O)NC(Cc2ccccc2)C(=O)OC(C)(C)C)N(C(=O)C(CO)NC(=O)OC(C)(C)C)C(C)CC)cc1. The molecule has 244 valence electrons. The first-order chi connectivity index (χ1) is 21.0. The number of rotatable bonds is 12. The summed E-state index contributed by atoms with van der Waals surface area (Å²) >= 11 is 0. The molecule has 0 aliphatic carbocycles. The summed E-state index contributed by atoms with van der Waals surface area (Å²) in [6.45, 7) is 13.1. The first kappa shape index (κ1) is 36.8. The molecular weight excluding hydrogens is 574 g/mol. The Kier molecular flexibility index (Phi) is 13.2. The number of esters is 1. The average Bonchev–Trinajstić information content (AvgIpc) is 2.96. The van der Waals surface area contributed by atoms with Gasteiger partial charge in [-0.2, -0.15) is 0 Å². The van der Waals surface area contributed by atoms with E-state index >= 15 is 0 Å². The van der Waals surface area contributed by atoms with E-state index in [1.807, 2.05) is 37.3 Å². The molecule has 3 N–H and O–H groups in total. The van der Waals surface area contributed by atoms with Crippen molar-refractivity contribution in [2.24, 2.45) is 0 Å². The quantitative estimate of drug-likeness (QED) is 0.238. The third-order valence-corrected chi connectivity index (χ3v) is 6.70. The van der Waals surface area contributed by atoms with Crippen molar-refractivity contribution < 1.29 is 33.8 Å². The monoisotopic (exact) mass is 621 g/mol. The van der Waals surface area contributed by atoms with E-state index < -0.39 is 65.9 Å². The molecule has 3 amide bonds. The molecule has 0 aliphatic rings. The molecule has 2 aromatic rings. The Morgan fingerprint density at radius 3 is 1.96 bits per heavy atom. The lowest BCUT2D eigenvalue weighted by Crippen LogP contribution is -2.58. The minimum atomic E-state index is -1.42. The molecule has 2 rings (SSSR count). The first-order valence-corrected chi connectivity index (χ1v) is 15.1. The number of benzene rings is 2. The minimum Gasteiger partial charge on any atom is -0.458 e. The van der Waals surface area contributed by atoms with Crippen molar-refractivity contribution >= 4 is 23.9 Å². The largest absolute Gasteiger partial charge is 0.458 e. The number of carbonyl (C=O) groups is 4. The van der Waals surface area contributed by atoms with Crippen molar-refractivity contribution in [1.29, 1.82) is 0 Å². The van der Waals surface area contributed by atoms with Crippen LogP contribution >= 0.6 is 0 Å². The van der Waals surface area contributed by atoms with E-state index in [0.717, 1.165) is 5.56 Å². The zero-order chi connectivity index (χ0) is 33.9. The maximum atomic E-state index is 14.3. The molecule has 10 nitrogen and oxygen atoms in total. The van der Waals surface area contributed by atoms with Gasteiger partial charge < -0.3 is 30.1 Å². The van der Waals surface area contributed by atoms with Gasteiger partial charge in [0.2, 0.25) is 11.8 Å². The molecule has 10 heteroatoms. The van der Waals surface area contributed by atoms with Gasteiger partial charge in [-0.3, -0.25) is 9.59 Å². The molecule has 45 heavy (non-hydrogen) atoms. The number of ether oxygens (including phenoxy) is 2. The molecule has 4 unspecified atom stereocenters. The molecule has 0 bridgehead atoms. The molecule has 0 saturated heterocycles. The van der Waals surface area contributed by atoms with Crippen LogP contribution in [0.25, 0.3) is 0 Å². The van der Waals surface area contributed by atoms with Crippen LogP contribution in [0, 0.1) is 12.3 Å². The summed E-state index contributed by atoms with van der Waals surface area (Å²) in [5, 5.41) is 15.5. The number of aliphatic hydroxyl groups is 1. The maximum Gasteiger partial charge on any atom is 0.408 e. The van der Waals surface area contributed by atoms with Crippen molar-refractivity contribution in [2.45, 2.75) is 104 Å². The van der Waals surface area contributed by atoms with Crippen LogP contribution in [0.1, 0.15) is 84.5 Å². The predicted octanol–water partition coefficient (Wildman–Crippen LogP) is 4.29. The van der Waals surface area contributed by atoms with E-state index in [9.17, 15) is 24.3 Å². The lowest BCUT2D eigenvalue weighted by molar-refractivity contribution is -0.159. The fourth-order valence-electron chi connectivity index (χ4n) is 4.48. The summed E-state index contributed by atoms with van der Waals surface area (Å²) in [6, 6.07) is 11.4. The Morgan fingerprint density at radius 2 is 1.47 bits per heavy atom. The van der Waals surface area contributed by atoms with Crippen LogP contribution in [0.3, 0.4) is 0 Å². The van der Waals surface area contributed by atoms with E-state index in [4.69, 9.17) is 15.9 Å². The Bertz CT molecular complexity index is 1340. The molecule has 0 spiro atoms. The molecule has 0 saturated carbocycles. The van der Waals surface area contributed by atoms with Crippen molar-refractivity contribution in [3.05, 3.63) is 71.3 Å². The zero-order valence-corrected chi connectivity index (χ0v) is 27.5. The van der Waals surface area contributed by atoms with Crippen LogP contribution in [-0.2, 0) is 30.3 Å². The van der Waals surface area contributed by atoms with E-state index in [2.05, 4.69) is 16.6 Å². The predicted molar refractivity (Wildman–Crippen MR) is 172 cm³/mol.